The van der Waals surface area contributed by atoms with Crippen molar-refractivity contribution in [3.8, 4) is 0 Å². The summed E-state index contributed by atoms with van der Waals surface area (Å²) in [5, 5.41) is 0. The quantitative estimate of drug-likeness (QED) is 0.423. The molecule has 0 aliphatic carbocycles. The van der Waals surface area contributed by atoms with Gasteiger partial charge in [-0.15, -0.1) is 6.58 Å². The van der Waals surface area contributed by atoms with Crippen LogP contribution in [0.5, 0.6) is 0 Å². The molecule has 2 aromatic rings. The van der Waals surface area contributed by atoms with Gasteiger partial charge in [-0.1, -0.05) is 18.2 Å². The van der Waals surface area contributed by atoms with Gasteiger partial charge in [-0.2, -0.15) is 0 Å². The van der Waals surface area contributed by atoms with Crippen LogP contribution in [0.2, 0.25) is 0 Å². The minimum atomic E-state index is -0.992. The van der Waals surface area contributed by atoms with E-state index in [1.54, 1.807) is 26.3 Å². The maximum Gasteiger partial charge on any atom is 0.320 e. The second-order valence-corrected chi connectivity index (χ2v) is 5.24. The van der Waals surface area contributed by atoms with Crippen LogP contribution in [0.25, 0.3) is 11.0 Å². The Labute approximate surface area is 141 Å². The van der Waals surface area contributed by atoms with Crippen LogP contribution in [0.3, 0.4) is 0 Å². The average Bonchev–Trinajstić information content (AvgIpc) is 3.00. The minimum absolute atomic E-state index is 0.210. The Morgan fingerprint density at radius 3 is 2.42 bits per heavy atom. The van der Waals surface area contributed by atoms with E-state index in [1.807, 2.05) is 28.8 Å². The summed E-state index contributed by atoms with van der Waals surface area (Å²) in [5.41, 5.74) is 1.75. The summed E-state index contributed by atoms with van der Waals surface area (Å²) in [4.78, 5) is 28.7. The molecule has 6 heteroatoms. The van der Waals surface area contributed by atoms with Crippen molar-refractivity contribution >= 4 is 23.0 Å². The Morgan fingerprint density at radius 2 is 1.83 bits per heavy atom. The summed E-state index contributed by atoms with van der Waals surface area (Å²) in [5.74, 6) is -2.14. The highest BCUT2D eigenvalue weighted by Gasteiger charge is 2.32. The lowest BCUT2D eigenvalue weighted by atomic mass is 9.99. The van der Waals surface area contributed by atoms with Gasteiger partial charge >= 0.3 is 11.9 Å². The van der Waals surface area contributed by atoms with Crippen LogP contribution in [0.15, 0.2) is 43.2 Å². The van der Waals surface area contributed by atoms with Crippen LogP contribution in [0.4, 0.5) is 0 Å². The lowest BCUT2D eigenvalue weighted by Gasteiger charge is -2.20. The van der Waals surface area contributed by atoms with Gasteiger partial charge in [0.2, 0.25) is 0 Å². The van der Waals surface area contributed by atoms with Crippen molar-refractivity contribution in [3.63, 3.8) is 0 Å². The summed E-state index contributed by atoms with van der Waals surface area (Å²) in [6, 6.07) is 7.37. The molecule has 0 bridgehead atoms. The summed E-state index contributed by atoms with van der Waals surface area (Å²) in [6.45, 7) is 7.66. The highest BCUT2D eigenvalue weighted by Crippen LogP contribution is 2.25. The number of hydrogen-bond acceptors (Lipinski definition) is 5. The Morgan fingerprint density at radius 1 is 1.21 bits per heavy atom. The molecule has 2 rings (SSSR count). The third-order valence-electron chi connectivity index (χ3n) is 3.73. The van der Waals surface area contributed by atoms with Gasteiger partial charge in [0.1, 0.15) is 0 Å². The number of benzene rings is 1. The lowest BCUT2D eigenvalue weighted by molar-refractivity contribution is -0.162. The zero-order valence-electron chi connectivity index (χ0n) is 14.0. The maximum atomic E-state index is 12.2. The number of aromatic nitrogens is 2. The van der Waals surface area contributed by atoms with Crippen molar-refractivity contribution in [3.05, 3.63) is 43.2 Å². The molecule has 0 aliphatic heterocycles. The number of fused-ring (bicyclic) bond motifs is 1. The van der Waals surface area contributed by atoms with Crippen molar-refractivity contribution in [2.24, 2.45) is 5.92 Å². The van der Waals surface area contributed by atoms with E-state index in [-0.39, 0.29) is 25.7 Å². The van der Waals surface area contributed by atoms with Gasteiger partial charge in [-0.3, -0.25) is 9.59 Å². The van der Waals surface area contributed by atoms with E-state index in [9.17, 15) is 9.59 Å². The number of hydrogen-bond donors (Lipinski definition) is 0. The number of allylic oxidation sites excluding steroid dienone is 1. The number of carbonyl (C=O) groups is 2. The van der Waals surface area contributed by atoms with E-state index in [0.717, 1.165) is 11.0 Å². The summed E-state index contributed by atoms with van der Waals surface area (Å²) < 4.78 is 11.9. The first kappa shape index (κ1) is 17.7. The molecule has 6 nitrogen and oxygen atoms in total. The Bertz CT molecular complexity index is 705. The van der Waals surface area contributed by atoms with Gasteiger partial charge < -0.3 is 14.0 Å². The fraction of sp³-hybridized carbons (Fsp3) is 0.389. The standard InChI is InChI=1S/C18H22N2O4/c1-4-13(20-12-19-15-9-7-8-10-16(15)20)11-14(17(21)23-5-2)18(22)24-6-3/h4,7-10,12-14H,1,5-6,11H2,2-3H3. The Kier molecular flexibility index (Phi) is 6.12. The van der Waals surface area contributed by atoms with Crippen molar-refractivity contribution in [2.75, 3.05) is 13.2 Å². The molecule has 1 unspecified atom stereocenters. The van der Waals surface area contributed by atoms with Crippen LogP contribution in [-0.4, -0.2) is 34.7 Å². The number of ether oxygens (including phenoxy) is 2. The Balaban J connectivity index is 2.29. The molecule has 1 atom stereocenters. The van der Waals surface area contributed by atoms with Crippen LogP contribution < -0.4 is 0 Å². The maximum absolute atomic E-state index is 12.2. The third kappa shape index (κ3) is 3.82. The van der Waals surface area contributed by atoms with Crippen molar-refractivity contribution < 1.29 is 19.1 Å². The van der Waals surface area contributed by atoms with Crippen molar-refractivity contribution in [1.29, 1.82) is 0 Å². The number of para-hydroxylation sites is 2. The van der Waals surface area contributed by atoms with Gasteiger partial charge in [-0.05, 0) is 32.4 Å². The number of nitrogens with zero attached hydrogens (tertiary/aromatic N) is 2. The fourth-order valence-electron chi connectivity index (χ4n) is 2.58. The van der Waals surface area contributed by atoms with Gasteiger partial charge in [-0.25, -0.2) is 4.98 Å². The van der Waals surface area contributed by atoms with Gasteiger partial charge in [0.25, 0.3) is 0 Å². The molecule has 0 saturated carbocycles. The monoisotopic (exact) mass is 330 g/mol. The van der Waals surface area contributed by atoms with Crippen LogP contribution in [0.1, 0.15) is 26.3 Å². The normalized spacial score (nSPS) is 12.1. The molecule has 0 saturated heterocycles. The molecule has 0 amide bonds. The molecule has 0 N–H and O–H groups in total. The number of imidazole rings is 1. The second-order valence-electron chi connectivity index (χ2n) is 5.24. The van der Waals surface area contributed by atoms with Gasteiger partial charge in [0.05, 0.1) is 36.6 Å². The van der Waals surface area contributed by atoms with E-state index >= 15 is 0 Å². The molecular weight excluding hydrogens is 308 g/mol. The molecule has 0 aliphatic rings. The SMILES string of the molecule is C=CC(CC(C(=O)OCC)C(=O)OCC)n1cnc2ccccc21. The highest BCUT2D eigenvalue weighted by atomic mass is 16.6. The third-order valence-corrected chi connectivity index (χ3v) is 3.73. The number of carbonyl (C=O) groups excluding carboxylic acids is 2. The molecule has 1 aromatic carbocycles. The fourth-order valence-corrected chi connectivity index (χ4v) is 2.58. The zero-order chi connectivity index (χ0) is 17.5. The molecule has 0 fully saturated rings. The first-order chi connectivity index (χ1) is 11.6. The second kappa shape index (κ2) is 8.29. The topological polar surface area (TPSA) is 70.4 Å². The number of esters is 2. The molecule has 1 heterocycles. The lowest BCUT2D eigenvalue weighted by Crippen LogP contribution is -2.30. The zero-order valence-corrected chi connectivity index (χ0v) is 14.0. The molecule has 1 aromatic heterocycles. The molecule has 128 valence electrons. The minimum Gasteiger partial charge on any atom is -0.465 e. The molecular formula is C18H22N2O4. The largest absolute Gasteiger partial charge is 0.465 e. The van der Waals surface area contributed by atoms with Crippen LogP contribution in [0, 0.1) is 5.92 Å². The van der Waals surface area contributed by atoms with Crippen molar-refractivity contribution in [1.82, 2.24) is 9.55 Å². The molecule has 0 radical (unpaired) electrons. The first-order valence-electron chi connectivity index (χ1n) is 7.99. The van der Waals surface area contributed by atoms with Crippen molar-refractivity contribution in [2.45, 2.75) is 26.3 Å². The smallest absolute Gasteiger partial charge is 0.320 e. The van der Waals surface area contributed by atoms with E-state index in [2.05, 4.69) is 11.6 Å². The van der Waals surface area contributed by atoms with Gasteiger partial charge in [0, 0.05) is 0 Å². The van der Waals surface area contributed by atoms with E-state index < -0.39 is 17.9 Å². The average molecular weight is 330 g/mol. The summed E-state index contributed by atoms with van der Waals surface area (Å²) >= 11 is 0. The molecule has 0 spiro atoms. The van der Waals surface area contributed by atoms with Gasteiger partial charge in [0.15, 0.2) is 5.92 Å². The Hall–Kier alpha value is -2.63. The molecule has 24 heavy (non-hydrogen) atoms. The predicted molar refractivity (Wildman–Crippen MR) is 90.3 cm³/mol. The predicted octanol–water partition coefficient (Wildman–Crippen LogP) is 2.90. The van der Waals surface area contributed by atoms with E-state index in [1.165, 1.54) is 0 Å². The van der Waals surface area contributed by atoms with Crippen LogP contribution in [-0.2, 0) is 19.1 Å². The van der Waals surface area contributed by atoms with Crippen LogP contribution >= 0.6 is 0 Å². The van der Waals surface area contributed by atoms with E-state index in [4.69, 9.17) is 9.47 Å². The summed E-state index contributed by atoms with van der Waals surface area (Å²) in [6.07, 6.45) is 3.59. The number of rotatable bonds is 8. The first-order valence-corrected chi connectivity index (χ1v) is 7.99. The summed E-state index contributed by atoms with van der Waals surface area (Å²) in [7, 11) is 0. The van der Waals surface area contributed by atoms with E-state index in [0.29, 0.717) is 0 Å². The highest BCUT2D eigenvalue weighted by molar-refractivity contribution is 5.95.